The minimum Gasteiger partial charge on any atom is -0.273 e. The largest absolute Gasteiger partial charge is 0.273 e. The first-order valence-corrected chi connectivity index (χ1v) is 6.88. The fourth-order valence-electron chi connectivity index (χ4n) is 2.63. The zero-order chi connectivity index (χ0) is 15.3. The highest BCUT2D eigenvalue weighted by molar-refractivity contribution is 5.80. The maximum Gasteiger partial charge on any atom is 0.183 e. The van der Waals surface area contributed by atoms with Gasteiger partial charge in [-0.3, -0.25) is 9.38 Å². The van der Waals surface area contributed by atoms with Crippen molar-refractivity contribution in [1.82, 2.24) is 24.6 Å². The van der Waals surface area contributed by atoms with E-state index < -0.39 is 0 Å². The molecule has 0 spiro atoms. The molecule has 4 rings (SSSR count). The Labute approximate surface area is 125 Å². The molecule has 3 heterocycles. The third-order valence-electron chi connectivity index (χ3n) is 3.70. The Morgan fingerprint density at radius 1 is 1.05 bits per heavy atom. The van der Waals surface area contributed by atoms with Gasteiger partial charge in [0, 0.05) is 23.5 Å². The smallest absolute Gasteiger partial charge is 0.183 e. The first-order chi connectivity index (χ1) is 10.6. The SMILES string of the molecule is Cc1ncccc1-c1nc(C)c2nnc3ccc(F)cc3n12. The van der Waals surface area contributed by atoms with Gasteiger partial charge in [0.05, 0.1) is 11.2 Å². The van der Waals surface area contributed by atoms with Crippen LogP contribution in [0.4, 0.5) is 4.39 Å². The molecule has 0 aliphatic rings. The summed E-state index contributed by atoms with van der Waals surface area (Å²) < 4.78 is 15.5. The zero-order valence-corrected chi connectivity index (χ0v) is 12.1. The quantitative estimate of drug-likeness (QED) is 0.541. The summed E-state index contributed by atoms with van der Waals surface area (Å²) in [4.78, 5) is 8.90. The number of nitrogens with zero attached hydrogens (tertiary/aromatic N) is 5. The molecular weight excluding hydrogens is 281 g/mol. The van der Waals surface area contributed by atoms with Gasteiger partial charge in [-0.25, -0.2) is 9.37 Å². The molecule has 0 fully saturated rings. The molecule has 0 bridgehead atoms. The van der Waals surface area contributed by atoms with Crippen LogP contribution in [0.15, 0.2) is 36.5 Å². The molecule has 22 heavy (non-hydrogen) atoms. The molecule has 6 heteroatoms. The number of rotatable bonds is 1. The summed E-state index contributed by atoms with van der Waals surface area (Å²) in [5.74, 6) is 0.380. The normalized spacial score (nSPS) is 11.4. The van der Waals surface area contributed by atoms with Gasteiger partial charge in [0.15, 0.2) is 5.65 Å². The lowest BCUT2D eigenvalue weighted by Gasteiger charge is -2.06. The van der Waals surface area contributed by atoms with Crippen molar-refractivity contribution < 1.29 is 4.39 Å². The summed E-state index contributed by atoms with van der Waals surface area (Å²) in [7, 11) is 0. The van der Waals surface area contributed by atoms with E-state index in [0.29, 0.717) is 22.5 Å². The molecule has 4 aromatic rings. The van der Waals surface area contributed by atoms with E-state index >= 15 is 0 Å². The van der Waals surface area contributed by atoms with Crippen molar-refractivity contribution >= 4 is 16.7 Å². The van der Waals surface area contributed by atoms with Crippen LogP contribution in [0.1, 0.15) is 11.4 Å². The standard InChI is InChI=1S/C16H12FN5/c1-9-12(4-3-7-18-9)16-19-10(2)15-21-20-13-6-5-11(17)8-14(13)22(15)16/h3-8H,1-2H3. The summed E-state index contributed by atoms with van der Waals surface area (Å²) in [6, 6.07) is 8.25. The maximum atomic E-state index is 13.7. The van der Waals surface area contributed by atoms with Crippen LogP contribution in [-0.2, 0) is 0 Å². The third-order valence-corrected chi connectivity index (χ3v) is 3.70. The molecular formula is C16H12FN5. The van der Waals surface area contributed by atoms with E-state index in [1.54, 1.807) is 12.3 Å². The van der Waals surface area contributed by atoms with Crippen LogP contribution in [0.25, 0.3) is 28.1 Å². The topological polar surface area (TPSA) is 56.0 Å². The van der Waals surface area contributed by atoms with Crippen LogP contribution in [0, 0.1) is 19.7 Å². The van der Waals surface area contributed by atoms with Crippen LogP contribution in [0.5, 0.6) is 0 Å². The summed E-state index contributed by atoms with van der Waals surface area (Å²) in [5, 5.41) is 8.37. The summed E-state index contributed by atoms with van der Waals surface area (Å²) in [5.41, 5.74) is 4.38. The predicted molar refractivity (Wildman–Crippen MR) is 81.0 cm³/mol. The fraction of sp³-hybridized carbons (Fsp3) is 0.125. The Bertz CT molecular complexity index is 1020. The van der Waals surface area contributed by atoms with Crippen LogP contribution in [0.2, 0.25) is 0 Å². The number of hydrogen-bond donors (Lipinski definition) is 0. The van der Waals surface area contributed by atoms with Crippen LogP contribution in [-0.4, -0.2) is 24.6 Å². The predicted octanol–water partition coefficient (Wildman–Crippen LogP) is 3.10. The van der Waals surface area contributed by atoms with Crippen molar-refractivity contribution in [2.75, 3.05) is 0 Å². The van der Waals surface area contributed by atoms with Crippen molar-refractivity contribution in [2.45, 2.75) is 13.8 Å². The first-order valence-electron chi connectivity index (χ1n) is 6.88. The van der Waals surface area contributed by atoms with Crippen LogP contribution < -0.4 is 0 Å². The highest BCUT2D eigenvalue weighted by Gasteiger charge is 2.16. The number of aryl methyl sites for hydroxylation is 2. The monoisotopic (exact) mass is 293 g/mol. The number of pyridine rings is 1. The Morgan fingerprint density at radius 3 is 2.73 bits per heavy atom. The average molecular weight is 293 g/mol. The summed E-state index contributed by atoms with van der Waals surface area (Å²) in [6.45, 7) is 3.79. The Morgan fingerprint density at radius 2 is 1.91 bits per heavy atom. The Hall–Kier alpha value is -2.89. The van der Waals surface area contributed by atoms with E-state index in [1.807, 2.05) is 30.4 Å². The molecule has 0 aliphatic carbocycles. The van der Waals surface area contributed by atoms with Crippen molar-refractivity contribution in [1.29, 1.82) is 0 Å². The van der Waals surface area contributed by atoms with Crippen molar-refractivity contribution in [2.24, 2.45) is 0 Å². The van der Waals surface area contributed by atoms with Gasteiger partial charge >= 0.3 is 0 Å². The highest BCUT2D eigenvalue weighted by atomic mass is 19.1. The van der Waals surface area contributed by atoms with Gasteiger partial charge < -0.3 is 0 Å². The number of fused-ring (bicyclic) bond motifs is 3. The number of aromatic nitrogens is 5. The second-order valence-corrected chi connectivity index (χ2v) is 5.15. The zero-order valence-electron chi connectivity index (χ0n) is 12.1. The van der Waals surface area contributed by atoms with E-state index in [-0.39, 0.29) is 5.82 Å². The minimum absolute atomic E-state index is 0.318. The molecule has 0 amide bonds. The molecule has 0 radical (unpaired) electrons. The Balaban J connectivity index is 2.20. The maximum absolute atomic E-state index is 13.7. The lowest BCUT2D eigenvalue weighted by atomic mass is 10.2. The molecule has 5 nitrogen and oxygen atoms in total. The second kappa shape index (κ2) is 4.56. The number of imidazole rings is 1. The van der Waals surface area contributed by atoms with E-state index in [4.69, 9.17) is 0 Å². The average Bonchev–Trinajstić information content (AvgIpc) is 2.85. The van der Waals surface area contributed by atoms with E-state index in [9.17, 15) is 4.39 Å². The number of hydrogen-bond acceptors (Lipinski definition) is 4. The molecule has 0 saturated heterocycles. The highest BCUT2D eigenvalue weighted by Crippen LogP contribution is 2.26. The summed E-state index contributed by atoms with van der Waals surface area (Å²) in [6.07, 6.45) is 1.74. The van der Waals surface area contributed by atoms with E-state index in [1.165, 1.54) is 12.1 Å². The number of halogens is 1. The van der Waals surface area contributed by atoms with E-state index in [2.05, 4.69) is 20.2 Å². The van der Waals surface area contributed by atoms with Crippen LogP contribution >= 0.6 is 0 Å². The summed E-state index contributed by atoms with van der Waals surface area (Å²) >= 11 is 0. The molecule has 0 N–H and O–H groups in total. The van der Waals surface area contributed by atoms with Gasteiger partial charge in [-0.2, -0.15) is 0 Å². The van der Waals surface area contributed by atoms with Gasteiger partial charge in [0.2, 0.25) is 0 Å². The minimum atomic E-state index is -0.318. The van der Waals surface area contributed by atoms with Crippen molar-refractivity contribution in [3.63, 3.8) is 0 Å². The van der Waals surface area contributed by atoms with Crippen LogP contribution in [0.3, 0.4) is 0 Å². The molecule has 0 saturated carbocycles. The van der Waals surface area contributed by atoms with Gasteiger partial charge in [-0.1, -0.05) is 0 Å². The first kappa shape index (κ1) is 12.8. The van der Waals surface area contributed by atoms with Gasteiger partial charge in [0.25, 0.3) is 0 Å². The third kappa shape index (κ3) is 1.77. The molecule has 1 aromatic carbocycles. The lowest BCUT2D eigenvalue weighted by molar-refractivity contribution is 0.629. The van der Waals surface area contributed by atoms with E-state index in [0.717, 1.165) is 17.0 Å². The van der Waals surface area contributed by atoms with Crippen molar-refractivity contribution in [3.8, 4) is 11.4 Å². The molecule has 0 aliphatic heterocycles. The lowest BCUT2D eigenvalue weighted by Crippen LogP contribution is -1.99. The Kier molecular flexibility index (Phi) is 2.66. The van der Waals surface area contributed by atoms with Crippen molar-refractivity contribution in [3.05, 3.63) is 53.7 Å². The molecule has 3 aromatic heterocycles. The van der Waals surface area contributed by atoms with Gasteiger partial charge in [0.1, 0.15) is 17.2 Å². The van der Waals surface area contributed by atoms with Gasteiger partial charge in [-0.15, -0.1) is 10.2 Å². The second-order valence-electron chi connectivity index (χ2n) is 5.15. The van der Waals surface area contributed by atoms with Gasteiger partial charge in [-0.05, 0) is 38.1 Å². The molecule has 108 valence electrons. The molecule has 0 unspecified atom stereocenters. The number of benzene rings is 1. The molecule has 0 atom stereocenters. The fourth-order valence-corrected chi connectivity index (χ4v) is 2.63.